The van der Waals surface area contributed by atoms with Crippen LogP contribution < -0.4 is 0 Å². The molecule has 0 unspecified atom stereocenters. The number of aryl methyl sites for hydroxylation is 1. The number of benzene rings is 2. The average molecular weight is 315 g/mol. The zero-order chi connectivity index (χ0) is 16.8. The molecule has 0 aliphatic heterocycles. The summed E-state index contributed by atoms with van der Waals surface area (Å²) in [6, 6.07) is 23.5. The van der Waals surface area contributed by atoms with Crippen LogP contribution in [0, 0.1) is 0 Å². The Kier molecular flexibility index (Phi) is 5.43. The van der Waals surface area contributed by atoms with Gasteiger partial charge in [0.05, 0.1) is 5.69 Å². The number of aromatic nitrogens is 1. The highest BCUT2D eigenvalue weighted by molar-refractivity contribution is 5.74. The van der Waals surface area contributed by atoms with Crippen LogP contribution in [0.3, 0.4) is 0 Å². The molecular formula is C23H25N. The van der Waals surface area contributed by atoms with E-state index >= 15 is 0 Å². The lowest BCUT2D eigenvalue weighted by atomic mass is 9.93. The van der Waals surface area contributed by atoms with Gasteiger partial charge < -0.3 is 0 Å². The number of hydrogen-bond acceptors (Lipinski definition) is 1. The highest BCUT2D eigenvalue weighted by Gasteiger charge is 2.13. The van der Waals surface area contributed by atoms with E-state index in [1.165, 1.54) is 40.8 Å². The second kappa shape index (κ2) is 7.92. The van der Waals surface area contributed by atoms with Crippen LogP contribution in [-0.4, -0.2) is 4.98 Å². The lowest BCUT2D eigenvalue weighted by Gasteiger charge is -2.16. The fraction of sp³-hybridized carbons (Fsp3) is 0.261. The molecule has 122 valence electrons. The summed E-state index contributed by atoms with van der Waals surface area (Å²) in [4.78, 5) is 5.04. The summed E-state index contributed by atoms with van der Waals surface area (Å²) in [5, 5.41) is 0. The zero-order valence-corrected chi connectivity index (χ0v) is 14.6. The number of rotatable bonds is 6. The number of hydrogen-bond donors (Lipinski definition) is 0. The molecule has 0 fully saturated rings. The van der Waals surface area contributed by atoms with Crippen molar-refractivity contribution < 1.29 is 0 Å². The molecule has 0 radical (unpaired) electrons. The van der Waals surface area contributed by atoms with Gasteiger partial charge in [-0.2, -0.15) is 0 Å². The highest BCUT2D eigenvalue weighted by atomic mass is 14.7. The molecule has 0 spiro atoms. The first-order chi connectivity index (χ1) is 11.8. The van der Waals surface area contributed by atoms with Gasteiger partial charge in [-0.15, -0.1) is 0 Å². The van der Waals surface area contributed by atoms with E-state index < -0.39 is 0 Å². The summed E-state index contributed by atoms with van der Waals surface area (Å²) in [6.07, 6.45) is 4.46. The average Bonchev–Trinajstić information content (AvgIpc) is 2.67. The molecule has 24 heavy (non-hydrogen) atoms. The van der Waals surface area contributed by atoms with E-state index in [0.29, 0.717) is 0 Å². The molecule has 2 aromatic carbocycles. The first kappa shape index (κ1) is 16.4. The molecule has 1 nitrogen and oxygen atoms in total. The predicted octanol–water partition coefficient (Wildman–Crippen LogP) is 6.32. The second-order valence-electron chi connectivity index (χ2n) is 6.17. The Hall–Kier alpha value is -2.41. The largest absolute Gasteiger partial charge is 0.253 e. The van der Waals surface area contributed by atoms with Crippen LogP contribution in [-0.2, 0) is 12.8 Å². The molecule has 0 atom stereocenters. The van der Waals surface area contributed by atoms with Crippen molar-refractivity contribution in [2.75, 3.05) is 0 Å². The van der Waals surface area contributed by atoms with Gasteiger partial charge in [0.15, 0.2) is 0 Å². The van der Waals surface area contributed by atoms with Crippen molar-refractivity contribution in [3.8, 4) is 22.4 Å². The maximum Gasteiger partial charge on any atom is 0.0711 e. The molecule has 3 aromatic rings. The first-order valence-electron chi connectivity index (χ1n) is 8.97. The SMILES string of the molecule is CCCCc1nc(-c2ccccc2)cc(-c2ccccc2)c1CC. The Morgan fingerprint density at radius 3 is 2.00 bits per heavy atom. The Morgan fingerprint density at radius 1 is 0.792 bits per heavy atom. The van der Waals surface area contributed by atoms with Gasteiger partial charge in [0.2, 0.25) is 0 Å². The summed E-state index contributed by atoms with van der Waals surface area (Å²) in [5.41, 5.74) is 7.55. The van der Waals surface area contributed by atoms with Gasteiger partial charge in [0.1, 0.15) is 0 Å². The Balaban J connectivity index is 2.18. The third-order valence-corrected chi connectivity index (χ3v) is 4.48. The molecule has 0 saturated carbocycles. The molecule has 0 aliphatic carbocycles. The fourth-order valence-corrected chi connectivity index (χ4v) is 3.20. The van der Waals surface area contributed by atoms with Gasteiger partial charge in [-0.1, -0.05) is 80.9 Å². The molecule has 0 aliphatic rings. The van der Waals surface area contributed by atoms with Crippen LogP contribution in [0.1, 0.15) is 37.9 Å². The Morgan fingerprint density at radius 2 is 1.42 bits per heavy atom. The van der Waals surface area contributed by atoms with Gasteiger partial charge in [0, 0.05) is 11.3 Å². The van der Waals surface area contributed by atoms with Crippen LogP contribution in [0.5, 0.6) is 0 Å². The summed E-state index contributed by atoms with van der Waals surface area (Å²) in [7, 11) is 0. The monoisotopic (exact) mass is 315 g/mol. The normalized spacial score (nSPS) is 10.8. The number of unbranched alkanes of at least 4 members (excludes halogenated alkanes) is 1. The van der Waals surface area contributed by atoms with E-state index in [4.69, 9.17) is 4.98 Å². The van der Waals surface area contributed by atoms with Crippen molar-refractivity contribution in [2.24, 2.45) is 0 Å². The predicted molar refractivity (Wildman–Crippen MR) is 103 cm³/mol. The fourth-order valence-electron chi connectivity index (χ4n) is 3.20. The maximum absolute atomic E-state index is 5.04. The van der Waals surface area contributed by atoms with Crippen LogP contribution in [0.4, 0.5) is 0 Å². The van der Waals surface area contributed by atoms with Crippen molar-refractivity contribution >= 4 is 0 Å². The topological polar surface area (TPSA) is 12.9 Å². The number of pyridine rings is 1. The highest BCUT2D eigenvalue weighted by Crippen LogP contribution is 2.31. The van der Waals surface area contributed by atoms with Crippen molar-refractivity contribution in [1.29, 1.82) is 0 Å². The molecule has 0 bridgehead atoms. The molecule has 0 N–H and O–H groups in total. The lowest BCUT2D eigenvalue weighted by molar-refractivity contribution is 0.768. The summed E-state index contributed by atoms with van der Waals surface area (Å²) >= 11 is 0. The maximum atomic E-state index is 5.04. The summed E-state index contributed by atoms with van der Waals surface area (Å²) in [6.45, 7) is 4.48. The Bertz CT molecular complexity index is 776. The van der Waals surface area contributed by atoms with Crippen LogP contribution in [0.25, 0.3) is 22.4 Å². The van der Waals surface area contributed by atoms with E-state index in [1.54, 1.807) is 0 Å². The summed E-state index contributed by atoms with van der Waals surface area (Å²) in [5.74, 6) is 0. The lowest BCUT2D eigenvalue weighted by Crippen LogP contribution is -2.02. The van der Waals surface area contributed by atoms with Crippen LogP contribution in [0.15, 0.2) is 66.7 Å². The molecule has 0 saturated heterocycles. The Labute approximate surface area is 145 Å². The third-order valence-electron chi connectivity index (χ3n) is 4.48. The van der Waals surface area contributed by atoms with E-state index in [1.807, 2.05) is 0 Å². The molecule has 1 aromatic heterocycles. The first-order valence-corrected chi connectivity index (χ1v) is 8.97. The minimum absolute atomic E-state index is 1.02. The van der Waals surface area contributed by atoms with E-state index in [2.05, 4.69) is 80.6 Å². The van der Waals surface area contributed by atoms with Gasteiger partial charge >= 0.3 is 0 Å². The number of nitrogens with zero attached hydrogens (tertiary/aromatic N) is 1. The van der Waals surface area contributed by atoms with Gasteiger partial charge in [-0.25, -0.2) is 0 Å². The summed E-state index contributed by atoms with van der Waals surface area (Å²) < 4.78 is 0. The molecule has 3 rings (SSSR count). The third kappa shape index (κ3) is 3.56. The molecule has 1 heteroatoms. The quantitative estimate of drug-likeness (QED) is 0.518. The van der Waals surface area contributed by atoms with Crippen LogP contribution >= 0.6 is 0 Å². The van der Waals surface area contributed by atoms with Crippen molar-refractivity contribution in [1.82, 2.24) is 4.98 Å². The van der Waals surface area contributed by atoms with Crippen LogP contribution in [0.2, 0.25) is 0 Å². The standard InChI is InChI=1S/C23H25N/c1-3-5-16-22-20(4-2)21(18-12-8-6-9-13-18)17-23(24-22)19-14-10-7-11-15-19/h6-15,17H,3-5,16H2,1-2H3. The second-order valence-corrected chi connectivity index (χ2v) is 6.17. The minimum Gasteiger partial charge on any atom is -0.253 e. The van der Waals surface area contributed by atoms with Gasteiger partial charge in [0.25, 0.3) is 0 Å². The van der Waals surface area contributed by atoms with E-state index in [-0.39, 0.29) is 0 Å². The van der Waals surface area contributed by atoms with Gasteiger partial charge in [-0.3, -0.25) is 4.98 Å². The van der Waals surface area contributed by atoms with E-state index in [0.717, 1.165) is 18.5 Å². The molecular weight excluding hydrogens is 290 g/mol. The van der Waals surface area contributed by atoms with Crippen molar-refractivity contribution in [2.45, 2.75) is 39.5 Å². The smallest absolute Gasteiger partial charge is 0.0711 e. The van der Waals surface area contributed by atoms with Crippen molar-refractivity contribution in [3.05, 3.63) is 78.0 Å². The van der Waals surface area contributed by atoms with Gasteiger partial charge in [-0.05, 0) is 42.0 Å². The minimum atomic E-state index is 1.02. The van der Waals surface area contributed by atoms with E-state index in [9.17, 15) is 0 Å². The molecule has 0 amide bonds. The van der Waals surface area contributed by atoms with Crippen molar-refractivity contribution in [3.63, 3.8) is 0 Å². The zero-order valence-electron chi connectivity index (χ0n) is 14.6. The molecule has 1 heterocycles.